The lowest BCUT2D eigenvalue weighted by molar-refractivity contribution is 0.740. The fourth-order valence-corrected chi connectivity index (χ4v) is 2.48. The van der Waals surface area contributed by atoms with E-state index in [1.54, 1.807) is 0 Å². The highest BCUT2D eigenvalue weighted by atomic mass is 79.9. The molecule has 0 unspecified atom stereocenters. The summed E-state index contributed by atoms with van der Waals surface area (Å²) in [6, 6.07) is 18.9. The summed E-state index contributed by atoms with van der Waals surface area (Å²) < 4.78 is 3.31. The third-order valence-electron chi connectivity index (χ3n) is 3.27. The topological polar surface area (TPSA) is 17.8 Å². The van der Waals surface area contributed by atoms with Crippen LogP contribution in [0, 0.1) is 0 Å². The second-order valence-corrected chi connectivity index (χ2v) is 5.68. The van der Waals surface area contributed by atoms with Gasteiger partial charge < -0.3 is 4.57 Å². The molecule has 0 spiro atoms. The van der Waals surface area contributed by atoms with Crippen molar-refractivity contribution in [2.24, 2.45) is 0 Å². The van der Waals surface area contributed by atoms with Gasteiger partial charge in [0, 0.05) is 29.8 Å². The van der Waals surface area contributed by atoms with E-state index in [0.717, 1.165) is 23.3 Å². The summed E-state index contributed by atoms with van der Waals surface area (Å²) in [4.78, 5) is 4.48. The van der Waals surface area contributed by atoms with Crippen molar-refractivity contribution in [1.29, 1.82) is 0 Å². The molecule has 20 heavy (non-hydrogen) atoms. The summed E-state index contributed by atoms with van der Waals surface area (Å²) in [6.45, 7) is 0.857. The zero-order valence-electron chi connectivity index (χ0n) is 11.0. The molecule has 0 saturated heterocycles. The Kier molecular flexibility index (Phi) is 3.97. The van der Waals surface area contributed by atoms with Crippen LogP contribution in [0.1, 0.15) is 17.0 Å². The van der Waals surface area contributed by atoms with Crippen LogP contribution in [0.25, 0.3) is 0 Å². The average Bonchev–Trinajstić information content (AvgIpc) is 2.90. The van der Waals surface area contributed by atoms with Crippen molar-refractivity contribution < 1.29 is 0 Å². The fourth-order valence-electron chi connectivity index (χ4n) is 2.22. The SMILES string of the molecule is Brc1ccc(Cn2ccnc2Cc2ccccc2)cc1. The average molecular weight is 327 g/mol. The Labute approximate surface area is 127 Å². The summed E-state index contributed by atoms with van der Waals surface area (Å²) in [5, 5.41) is 0. The van der Waals surface area contributed by atoms with Crippen LogP contribution in [0.2, 0.25) is 0 Å². The molecule has 0 fully saturated rings. The molecule has 0 aliphatic carbocycles. The molecule has 0 aliphatic rings. The molecule has 1 heterocycles. The maximum absolute atomic E-state index is 4.48. The fraction of sp³-hybridized carbons (Fsp3) is 0.118. The summed E-state index contributed by atoms with van der Waals surface area (Å²) in [6.07, 6.45) is 4.78. The molecule has 0 aliphatic heterocycles. The molecular formula is C17H15BrN2. The summed E-state index contributed by atoms with van der Waals surface area (Å²) >= 11 is 3.46. The second kappa shape index (κ2) is 6.06. The number of halogens is 1. The van der Waals surface area contributed by atoms with Gasteiger partial charge in [0.25, 0.3) is 0 Å². The lowest BCUT2D eigenvalue weighted by atomic mass is 10.1. The molecule has 2 aromatic carbocycles. The molecule has 3 aromatic rings. The first-order chi connectivity index (χ1) is 9.81. The molecule has 1 aromatic heterocycles. The highest BCUT2D eigenvalue weighted by molar-refractivity contribution is 9.10. The quantitative estimate of drug-likeness (QED) is 0.699. The van der Waals surface area contributed by atoms with Gasteiger partial charge in [-0.3, -0.25) is 0 Å². The molecule has 0 amide bonds. The van der Waals surface area contributed by atoms with Crippen molar-refractivity contribution in [2.75, 3.05) is 0 Å². The first-order valence-electron chi connectivity index (χ1n) is 6.59. The molecule has 0 radical (unpaired) electrons. The van der Waals surface area contributed by atoms with E-state index >= 15 is 0 Å². The predicted octanol–water partition coefficient (Wildman–Crippen LogP) is 4.28. The normalized spacial score (nSPS) is 10.7. The van der Waals surface area contributed by atoms with Gasteiger partial charge in [-0.2, -0.15) is 0 Å². The predicted molar refractivity (Wildman–Crippen MR) is 84.7 cm³/mol. The molecule has 100 valence electrons. The van der Waals surface area contributed by atoms with Gasteiger partial charge in [0.05, 0.1) is 0 Å². The van der Waals surface area contributed by atoms with E-state index in [1.807, 2.05) is 18.5 Å². The Balaban J connectivity index is 1.78. The lowest BCUT2D eigenvalue weighted by Crippen LogP contribution is -2.05. The van der Waals surface area contributed by atoms with E-state index in [4.69, 9.17) is 0 Å². The standard InChI is InChI=1S/C17H15BrN2/c18-16-8-6-15(7-9-16)13-20-11-10-19-17(20)12-14-4-2-1-3-5-14/h1-11H,12-13H2. The van der Waals surface area contributed by atoms with Crippen molar-refractivity contribution >= 4 is 15.9 Å². The van der Waals surface area contributed by atoms with E-state index in [2.05, 4.69) is 74.0 Å². The van der Waals surface area contributed by atoms with E-state index < -0.39 is 0 Å². The molecule has 3 heteroatoms. The highest BCUT2D eigenvalue weighted by Gasteiger charge is 2.04. The number of imidazole rings is 1. The molecule has 0 bridgehead atoms. The minimum Gasteiger partial charge on any atom is -0.330 e. The number of benzene rings is 2. The Bertz CT molecular complexity index is 672. The third kappa shape index (κ3) is 3.17. The van der Waals surface area contributed by atoms with Crippen molar-refractivity contribution in [3.63, 3.8) is 0 Å². The molecule has 0 N–H and O–H groups in total. The second-order valence-electron chi connectivity index (χ2n) is 4.76. The van der Waals surface area contributed by atoms with Crippen molar-refractivity contribution in [1.82, 2.24) is 9.55 Å². The molecular weight excluding hydrogens is 312 g/mol. The van der Waals surface area contributed by atoms with Crippen LogP contribution < -0.4 is 0 Å². The number of nitrogens with zero attached hydrogens (tertiary/aromatic N) is 2. The smallest absolute Gasteiger partial charge is 0.113 e. The monoisotopic (exact) mass is 326 g/mol. The van der Waals surface area contributed by atoms with Crippen molar-refractivity contribution in [3.8, 4) is 0 Å². The van der Waals surface area contributed by atoms with Crippen molar-refractivity contribution in [3.05, 3.63) is 88.4 Å². The van der Waals surface area contributed by atoms with Crippen LogP contribution in [0.5, 0.6) is 0 Å². The van der Waals surface area contributed by atoms with Crippen LogP contribution >= 0.6 is 15.9 Å². The largest absolute Gasteiger partial charge is 0.330 e. The summed E-state index contributed by atoms with van der Waals surface area (Å²) in [5.41, 5.74) is 2.57. The minimum atomic E-state index is 0.857. The van der Waals surface area contributed by atoms with E-state index in [-0.39, 0.29) is 0 Å². The van der Waals surface area contributed by atoms with Crippen LogP contribution in [-0.4, -0.2) is 9.55 Å². The van der Waals surface area contributed by atoms with Crippen molar-refractivity contribution in [2.45, 2.75) is 13.0 Å². The van der Waals surface area contributed by atoms with Gasteiger partial charge in [0.15, 0.2) is 0 Å². The van der Waals surface area contributed by atoms with Crippen LogP contribution in [0.15, 0.2) is 71.5 Å². The van der Waals surface area contributed by atoms with Gasteiger partial charge in [-0.1, -0.05) is 58.4 Å². The van der Waals surface area contributed by atoms with Gasteiger partial charge in [-0.25, -0.2) is 4.98 Å². The summed E-state index contributed by atoms with van der Waals surface area (Å²) in [5.74, 6) is 1.10. The van der Waals surface area contributed by atoms with Crippen LogP contribution in [-0.2, 0) is 13.0 Å². The molecule has 0 atom stereocenters. The van der Waals surface area contributed by atoms with Gasteiger partial charge in [-0.05, 0) is 23.3 Å². The van der Waals surface area contributed by atoms with Gasteiger partial charge in [0.1, 0.15) is 5.82 Å². The zero-order valence-corrected chi connectivity index (χ0v) is 12.6. The Morgan fingerprint density at radius 2 is 1.65 bits per heavy atom. The van der Waals surface area contributed by atoms with Gasteiger partial charge >= 0.3 is 0 Å². The van der Waals surface area contributed by atoms with E-state index in [1.165, 1.54) is 11.1 Å². The van der Waals surface area contributed by atoms with Crippen LogP contribution in [0.3, 0.4) is 0 Å². The minimum absolute atomic E-state index is 0.857. The number of hydrogen-bond donors (Lipinski definition) is 0. The Morgan fingerprint density at radius 3 is 2.40 bits per heavy atom. The molecule has 3 rings (SSSR count). The maximum atomic E-state index is 4.48. The maximum Gasteiger partial charge on any atom is 0.113 e. The molecule has 2 nitrogen and oxygen atoms in total. The van der Waals surface area contributed by atoms with Gasteiger partial charge in [-0.15, -0.1) is 0 Å². The first-order valence-corrected chi connectivity index (χ1v) is 7.39. The number of rotatable bonds is 4. The first kappa shape index (κ1) is 13.1. The van der Waals surface area contributed by atoms with Gasteiger partial charge in [0.2, 0.25) is 0 Å². The Morgan fingerprint density at radius 1 is 0.900 bits per heavy atom. The zero-order chi connectivity index (χ0) is 13.8. The third-order valence-corrected chi connectivity index (χ3v) is 3.80. The van der Waals surface area contributed by atoms with E-state index in [9.17, 15) is 0 Å². The summed E-state index contributed by atoms with van der Waals surface area (Å²) in [7, 11) is 0. The number of aromatic nitrogens is 2. The van der Waals surface area contributed by atoms with E-state index in [0.29, 0.717) is 0 Å². The number of hydrogen-bond acceptors (Lipinski definition) is 1. The van der Waals surface area contributed by atoms with Crippen LogP contribution in [0.4, 0.5) is 0 Å². The highest BCUT2D eigenvalue weighted by Crippen LogP contribution is 2.13. The molecule has 0 saturated carbocycles. The lowest BCUT2D eigenvalue weighted by Gasteiger charge is -2.08. The Hall–Kier alpha value is -1.87.